The zero-order chi connectivity index (χ0) is 40.6. The van der Waals surface area contributed by atoms with E-state index in [4.69, 9.17) is 19.5 Å². The minimum atomic E-state index is -1.97. The van der Waals surface area contributed by atoms with Crippen molar-refractivity contribution in [2.24, 2.45) is 34.2 Å². The van der Waals surface area contributed by atoms with Gasteiger partial charge in [0.05, 0.1) is 44.6 Å². The molecule has 4 fully saturated rings. The Morgan fingerprint density at radius 1 is 1.22 bits per heavy atom. The maximum absolute atomic E-state index is 14.4. The Morgan fingerprint density at radius 2 is 1.93 bits per heavy atom. The first-order valence-electron chi connectivity index (χ1n) is 19.5. The Labute approximate surface area is 327 Å². The third kappa shape index (κ3) is 8.69. The number of methoxy groups -OCH3 is 1. The number of carbonyl (C=O) groups excluding carboxylic acids is 1. The number of carboxylic acid groups (broad SMARTS) is 1. The number of aliphatic hydroxyl groups is 1. The molecule has 1 amide bonds. The second-order valence-electron chi connectivity index (χ2n) is 18.1. The largest absolute Gasteiger partial charge is 0.496 e. The quantitative estimate of drug-likeness (QED) is 0.0718. The highest BCUT2D eigenvalue weighted by atomic mass is 28.4. The second-order valence-corrected chi connectivity index (χ2v) is 22.9. The van der Waals surface area contributed by atoms with Crippen molar-refractivity contribution in [3.8, 4) is 16.9 Å². The number of hydroxylamine groups is 2. The summed E-state index contributed by atoms with van der Waals surface area (Å²) in [4.78, 5) is 38.1. The highest BCUT2D eigenvalue weighted by Crippen LogP contribution is 2.61. The van der Waals surface area contributed by atoms with E-state index < -0.39 is 38.5 Å². The molecular formula is C41H62N6O7Si. The number of azide groups is 1. The molecule has 8 atom stereocenters. The molecule has 2 aromatic carbocycles. The first-order valence-corrected chi connectivity index (χ1v) is 22.4. The Hall–Kier alpha value is -3.65. The fourth-order valence-corrected chi connectivity index (χ4v) is 9.88. The van der Waals surface area contributed by atoms with Crippen LogP contribution in [0.5, 0.6) is 5.75 Å². The predicted octanol–water partition coefficient (Wildman–Crippen LogP) is 7.50. The van der Waals surface area contributed by atoms with Gasteiger partial charge in [0, 0.05) is 47.3 Å². The first-order chi connectivity index (χ1) is 25.7. The van der Waals surface area contributed by atoms with E-state index in [1.54, 1.807) is 31.2 Å². The number of hydrogen-bond donors (Lipinski definition) is 3. The van der Waals surface area contributed by atoms with Crippen LogP contribution in [0.15, 0.2) is 41.5 Å². The lowest BCUT2D eigenvalue weighted by Crippen LogP contribution is -2.62. The summed E-state index contributed by atoms with van der Waals surface area (Å²) in [6.07, 6.45) is 0.407. The van der Waals surface area contributed by atoms with Crippen molar-refractivity contribution in [1.29, 1.82) is 0 Å². The number of rotatable bonds is 15. The number of carboxylic acids is 1. The molecule has 3 saturated carbocycles. The van der Waals surface area contributed by atoms with Crippen LogP contribution in [-0.4, -0.2) is 93.6 Å². The number of hydrogen-bond acceptors (Lipinski definition) is 9. The Balaban J connectivity index is 1.45. The van der Waals surface area contributed by atoms with Crippen molar-refractivity contribution < 1.29 is 33.8 Å². The number of benzene rings is 2. The van der Waals surface area contributed by atoms with E-state index in [0.29, 0.717) is 53.3 Å². The van der Waals surface area contributed by atoms with Crippen LogP contribution >= 0.6 is 0 Å². The lowest BCUT2D eigenvalue weighted by Gasteiger charge is -2.62. The monoisotopic (exact) mass is 778 g/mol. The summed E-state index contributed by atoms with van der Waals surface area (Å²) in [5.74, 6) is -0.0844. The van der Waals surface area contributed by atoms with Gasteiger partial charge in [0.15, 0.2) is 8.32 Å². The summed E-state index contributed by atoms with van der Waals surface area (Å²) in [7, 11) is 1.52. The van der Waals surface area contributed by atoms with Gasteiger partial charge in [0.1, 0.15) is 11.8 Å². The number of nitrogens with one attached hydrogen (secondary N) is 1. The molecule has 0 spiro atoms. The smallest absolute Gasteiger partial charge is 0.335 e. The van der Waals surface area contributed by atoms with Gasteiger partial charge in [-0.1, -0.05) is 64.9 Å². The van der Waals surface area contributed by atoms with E-state index >= 15 is 0 Å². The van der Waals surface area contributed by atoms with Crippen molar-refractivity contribution in [3.63, 3.8) is 0 Å². The van der Waals surface area contributed by atoms with Gasteiger partial charge in [-0.25, -0.2) is 4.79 Å². The summed E-state index contributed by atoms with van der Waals surface area (Å²) in [6, 6.07) is 9.98. The van der Waals surface area contributed by atoms with Crippen LogP contribution in [0.25, 0.3) is 21.6 Å². The first kappa shape index (κ1) is 42.5. The van der Waals surface area contributed by atoms with Gasteiger partial charge in [-0.3, -0.25) is 9.63 Å². The fourth-order valence-electron chi connectivity index (χ4n) is 8.84. The molecule has 13 nitrogen and oxygen atoms in total. The molecule has 2 bridgehead atoms. The predicted molar refractivity (Wildman–Crippen MR) is 216 cm³/mol. The zero-order valence-corrected chi connectivity index (χ0v) is 35.5. The number of anilines is 1. The van der Waals surface area contributed by atoms with Crippen LogP contribution < -0.4 is 15.0 Å². The maximum Gasteiger partial charge on any atom is 0.335 e. The van der Waals surface area contributed by atoms with Crippen molar-refractivity contribution in [3.05, 3.63) is 58.0 Å². The molecule has 1 aliphatic heterocycles. The Morgan fingerprint density at radius 3 is 2.51 bits per heavy atom. The number of para-hydroxylation sites is 1. The Kier molecular flexibility index (Phi) is 12.7. The summed E-state index contributed by atoms with van der Waals surface area (Å²) in [6.45, 7) is 20.6. The molecule has 3 aliphatic carbocycles. The molecule has 14 heteroatoms. The number of aliphatic hydroxyl groups excluding tert-OH is 1. The third-order valence-electron chi connectivity index (χ3n) is 13.4. The molecule has 6 rings (SSSR count). The molecule has 302 valence electrons. The van der Waals surface area contributed by atoms with E-state index in [0.717, 1.165) is 12.1 Å². The van der Waals surface area contributed by atoms with Crippen LogP contribution in [0.3, 0.4) is 0 Å². The van der Waals surface area contributed by atoms with Crippen LogP contribution in [0.2, 0.25) is 18.1 Å². The summed E-state index contributed by atoms with van der Waals surface area (Å²) < 4.78 is 12.4. The van der Waals surface area contributed by atoms with Gasteiger partial charge in [-0.15, -0.1) is 0 Å². The minimum absolute atomic E-state index is 0.00211. The molecule has 2 aromatic rings. The van der Waals surface area contributed by atoms with Crippen LogP contribution in [0, 0.1) is 29.1 Å². The number of ether oxygens (including phenoxy) is 1. The Bertz CT molecular complexity index is 1770. The fraction of sp³-hybridized carbons (Fsp3) is 0.659. The van der Waals surface area contributed by atoms with Gasteiger partial charge in [0.25, 0.3) is 0 Å². The number of aromatic carboxylic acids is 1. The van der Waals surface area contributed by atoms with Crippen LogP contribution in [-0.2, 0) is 20.6 Å². The average Bonchev–Trinajstić information content (AvgIpc) is 3.48. The minimum Gasteiger partial charge on any atom is -0.496 e. The SMILES string of the molecule is COc1c(CN2O[C@@H](CN=[N+]=[N-])[C@@H]([C@H](C)O)[C@H]2C(=O)N[C@H]2C[C@@H]3C[C@H]([C@@H]2C)C3(C)C)cccc1-c1cc(C(=O)O)cc(N(C)CCO[Si](C)(C)C(C)(C)C)c1. The van der Waals surface area contributed by atoms with E-state index in [2.05, 4.69) is 70.0 Å². The highest BCUT2D eigenvalue weighted by Gasteiger charge is 2.57. The van der Waals surface area contributed by atoms with E-state index in [1.165, 1.54) is 6.42 Å². The van der Waals surface area contributed by atoms with Gasteiger partial charge < -0.3 is 29.6 Å². The molecule has 3 N–H and O–H groups in total. The summed E-state index contributed by atoms with van der Waals surface area (Å²) in [5, 5.41) is 30.0. The number of nitrogens with zero attached hydrogens (tertiary/aromatic N) is 5. The van der Waals surface area contributed by atoms with Crippen molar-refractivity contribution in [1.82, 2.24) is 10.4 Å². The van der Waals surface area contributed by atoms with E-state index in [1.807, 2.05) is 36.2 Å². The summed E-state index contributed by atoms with van der Waals surface area (Å²) in [5.41, 5.74) is 12.3. The maximum atomic E-state index is 14.4. The van der Waals surface area contributed by atoms with Gasteiger partial charge in [-0.2, -0.15) is 5.06 Å². The molecular weight excluding hydrogens is 717 g/mol. The van der Waals surface area contributed by atoms with Crippen molar-refractivity contribution >= 4 is 25.9 Å². The van der Waals surface area contributed by atoms with Crippen LogP contribution in [0.1, 0.15) is 77.2 Å². The molecule has 1 saturated heterocycles. The number of carbonyl (C=O) groups is 2. The van der Waals surface area contributed by atoms with Crippen molar-refractivity contribution in [2.75, 3.05) is 38.8 Å². The molecule has 0 aromatic heterocycles. The lowest BCUT2D eigenvalue weighted by atomic mass is 9.45. The summed E-state index contributed by atoms with van der Waals surface area (Å²) >= 11 is 0. The molecule has 0 unspecified atom stereocenters. The van der Waals surface area contributed by atoms with Gasteiger partial charge in [0.2, 0.25) is 5.91 Å². The van der Waals surface area contributed by atoms with Crippen molar-refractivity contribution in [2.45, 2.75) is 110 Å². The van der Waals surface area contributed by atoms with Gasteiger partial charge in [-0.05, 0) is 90.4 Å². The highest BCUT2D eigenvalue weighted by molar-refractivity contribution is 6.74. The van der Waals surface area contributed by atoms with E-state index in [9.17, 15) is 19.8 Å². The number of fused-ring (bicyclic) bond motifs is 2. The van der Waals surface area contributed by atoms with E-state index in [-0.39, 0.29) is 41.1 Å². The zero-order valence-electron chi connectivity index (χ0n) is 34.5. The number of likely N-dealkylation sites (N-methyl/N-ethyl adjacent to an activating group) is 1. The molecule has 1 heterocycles. The molecule has 0 radical (unpaired) electrons. The standard InChI is InChI=1S/C41H62N6O7Si/c1-24-32-20-29(41(32,6)7)21-33(24)44-38(49)36-35(25(2)48)34(22-43-45-42)54-47(36)23-26-13-12-14-31(37(26)52-9)27-17-28(39(50)51)19-30(18-27)46(8)15-16-53-55(10,11)40(3,4)5/h12-14,17-19,24-25,29,32-36,48H,15-16,20-23H2,1-11H3,(H,44,49)(H,50,51)/t24-,25-,29-,32+,33-,34-,35+,36-/m0/s1. The molecule has 4 aliphatic rings. The number of amides is 1. The van der Waals surface area contributed by atoms with Gasteiger partial charge >= 0.3 is 5.97 Å². The second kappa shape index (κ2) is 16.4. The lowest BCUT2D eigenvalue weighted by molar-refractivity contribution is -0.175. The van der Waals surface area contributed by atoms with Crippen LogP contribution in [0.4, 0.5) is 5.69 Å². The third-order valence-corrected chi connectivity index (χ3v) is 18.0. The topological polar surface area (TPSA) is 170 Å². The average molecular weight is 779 g/mol. The molecule has 55 heavy (non-hydrogen) atoms. The normalized spacial score (nSPS) is 26.7.